The number of carbonyl (C=O) groups is 1. The summed E-state index contributed by atoms with van der Waals surface area (Å²) in [6, 6.07) is 17.7. The minimum Gasteiger partial charge on any atom is -0.308 e. The summed E-state index contributed by atoms with van der Waals surface area (Å²) in [5, 5.41) is 4.46. The molecule has 8 heteroatoms. The van der Waals surface area contributed by atoms with Crippen LogP contribution in [0.2, 0.25) is 0 Å². The Hall–Kier alpha value is -4.20. The highest BCUT2D eigenvalue weighted by Crippen LogP contribution is 2.30. The maximum Gasteiger partial charge on any atom is 0.266 e. The summed E-state index contributed by atoms with van der Waals surface area (Å²) in [5.41, 5.74) is 2.99. The van der Waals surface area contributed by atoms with E-state index in [1.165, 1.54) is 12.1 Å². The summed E-state index contributed by atoms with van der Waals surface area (Å²) in [4.78, 5) is 20.0. The molecule has 0 saturated heterocycles. The van der Waals surface area contributed by atoms with E-state index in [0.717, 1.165) is 11.0 Å². The third kappa shape index (κ3) is 2.68. The number of para-hydroxylation sites is 2. The number of amides is 1. The van der Waals surface area contributed by atoms with Gasteiger partial charge in [-0.3, -0.25) is 9.69 Å². The van der Waals surface area contributed by atoms with Gasteiger partial charge in [0.1, 0.15) is 11.4 Å². The first-order chi connectivity index (χ1) is 15.2. The van der Waals surface area contributed by atoms with Gasteiger partial charge >= 0.3 is 0 Å². The highest BCUT2D eigenvalue weighted by molar-refractivity contribution is 6.08. The molecule has 0 unspecified atom stereocenters. The van der Waals surface area contributed by atoms with Gasteiger partial charge < -0.3 is 9.13 Å². The number of carbonyl (C=O) groups excluding carboxylic acids is 1. The third-order valence-corrected chi connectivity index (χ3v) is 5.56. The third-order valence-electron chi connectivity index (χ3n) is 5.56. The minimum absolute atomic E-state index is 0.175. The smallest absolute Gasteiger partial charge is 0.266 e. The topological polar surface area (TPSA) is 60.9 Å². The predicted molar refractivity (Wildman–Crippen MR) is 114 cm³/mol. The van der Waals surface area contributed by atoms with E-state index in [-0.39, 0.29) is 11.7 Å². The van der Waals surface area contributed by atoms with E-state index in [9.17, 15) is 9.18 Å². The van der Waals surface area contributed by atoms with Gasteiger partial charge in [-0.1, -0.05) is 12.1 Å². The summed E-state index contributed by atoms with van der Waals surface area (Å²) < 4.78 is 19.0. The maximum absolute atomic E-state index is 13.6. The molecule has 5 aromatic rings. The molecule has 4 heterocycles. The molecule has 1 aliphatic heterocycles. The largest absolute Gasteiger partial charge is 0.308 e. The van der Waals surface area contributed by atoms with Crippen LogP contribution in [0.3, 0.4) is 0 Å². The molecule has 0 aliphatic carbocycles. The number of aromatic nitrogens is 5. The van der Waals surface area contributed by atoms with Gasteiger partial charge in [-0.25, -0.2) is 14.1 Å². The van der Waals surface area contributed by atoms with E-state index in [1.807, 2.05) is 53.4 Å². The van der Waals surface area contributed by atoms with Crippen LogP contribution in [-0.4, -0.2) is 36.4 Å². The van der Waals surface area contributed by atoms with Gasteiger partial charge in [0, 0.05) is 25.5 Å². The molecular formula is C23H17FN6O. The summed E-state index contributed by atoms with van der Waals surface area (Å²) in [7, 11) is 0. The average Bonchev–Trinajstić information content (AvgIpc) is 3.56. The number of nitrogens with zero attached hydrogens (tertiary/aromatic N) is 6. The van der Waals surface area contributed by atoms with Gasteiger partial charge in [-0.2, -0.15) is 5.10 Å². The molecule has 6 rings (SSSR count). The number of rotatable bonds is 3. The molecule has 7 nitrogen and oxygen atoms in total. The molecule has 0 radical (unpaired) electrons. The van der Waals surface area contributed by atoms with E-state index in [1.54, 1.807) is 27.9 Å². The molecule has 152 valence electrons. The number of imidazole rings is 1. The molecular weight excluding hydrogens is 395 g/mol. The van der Waals surface area contributed by atoms with Gasteiger partial charge in [0.05, 0.1) is 22.9 Å². The number of hydrogen-bond donors (Lipinski definition) is 0. The first kappa shape index (κ1) is 17.6. The molecule has 0 bridgehead atoms. The van der Waals surface area contributed by atoms with Gasteiger partial charge in [-0.05, 0) is 48.5 Å². The van der Waals surface area contributed by atoms with Crippen molar-refractivity contribution in [2.24, 2.45) is 0 Å². The Morgan fingerprint density at radius 3 is 2.52 bits per heavy atom. The SMILES string of the molecule is O=C(c1cnn(-c2ccc(F)cc2)c1-n1cccc1)N1CCn2c1nc1ccccc12. The highest BCUT2D eigenvalue weighted by atomic mass is 19.1. The Morgan fingerprint density at radius 2 is 1.71 bits per heavy atom. The molecule has 1 aliphatic rings. The zero-order chi connectivity index (χ0) is 20.9. The summed E-state index contributed by atoms with van der Waals surface area (Å²) in [6.45, 7) is 1.23. The molecule has 0 saturated carbocycles. The highest BCUT2D eigenvalue weighted by Gasteiger charge is 2.32. The number of halogens is 1. The first-order valence-electron chi connectivity index (χ1n) is 9.95. The van der Waals surface area contributed by atoms with Gasteiger partial charge in [0.2, 0.25) is 5.95 Å². The Morgan fingerprint density at radius 1 is 0.935 bits per heavy atom. The minimum atomic E-state index is -0.328. The second-order valence-corrected chi connectivity index (χ2v) is 7.37. The lowest BCUT2D eigenvalue weighted by atomic mass is 10.2. The lowest BCUT2D eigenvalue weighted by Crippen LogP contribution is -2.30. The summed E-state index contributed by atoms with van der Waals surface area (Å²) >= 11 is 0. The molecule has 3 aromatic heterocycles. The van der Waals surface area contributed by atoms with E-state index >= 15 is 0 Å². The average molecular weight is 412 g/mol. The van der Waals surface area contributed by atoms with Crippen molar-refractivity contribution in [1.29, 1.82) is 0 Å². The number of fused-ring (bicyclic) bond motifs is 3. The zero-order valence-corrected chi connectivity index (χ0v) is 16.4. The lowest BCUT2D eigenvalue weighted by molar-refractivity contribution is 0.0988. The van der Waals surface area contributed by atoms with E-state index in [2.05, 4.69) is 14.6 Å². The number of hydrogen-bond acceptors (Lipinski definition) is 3. The summed E-state index contributed by atoms with van der Waals surface area (Å²) in [6.07, 6.45) is 5.27. The zero-order valence-electron chi connectivity index (χ0n) is 16.4. The number of benzene rings is 2. The Labute approximate surface area is 176 Å². The first-order valence-corrected chi connectivity index (χ1v) is 9.95. The van der Waals surface area contributed by atoms with Crippen molar-refractivity contribution < 1.29 is 9.18 Å². The fourth-order valence-electron chi connectivity index (χ4n) is 4.12. The van der Waals surface area contributed by atoms with E-state index in [0.29, 0.717) is 36.1 Å². The summed E-state index contributed by atoms with van der Waals surface area (Å²) in [5.74, 6) is 0.729. The second kappa shape index (κ2) is 6.66. The van der Waals surface area contributed by atoms with Crippen molar-refractivity contribution in [2.75, 3.05) is 11.4 Å². The van der Waals surface area contributed by atoms with Crippen LogP contribution in [0, 0.1) is 5.82 Å². The molecule has 2 aromatic carbocycles. The lowest BCUT2D eigenvalue weighted by Gasteiger charge is -2.15. The van der Waals surface area contributed by atoms with Gasteiger partial charge in [-0.15, -0.1) is 0 Å². The van der Waals surface area contributed by atoms with E-state index < -0.39 is 0 Å². The van der Waals surface area contributed by atoms with Gasteiger partial charge in [0.15, 0.2) is 5.82 Å². The normalized spacial score (nSPS) is 13.1. The molecule has 0 spiro atoms. The van der Waals surface area contributed by atoms with Crippen molar-refractivity contribution in [1.82, 2.24) is 23.9 Å². The van der Waals surface area contributed by atoms with Crippen LogP contribution >= 0.6 is 0 Å². The predicted octanol–water partition coefficient (Wildman–Crippen LogP) is 3.81. The molecule has 0 atom stereocenters. The van der Waals surface area contributed by atoms with Gasteiger partial charge in [0.25, 0.3) is 5.91 Å². The quantitative estimate of drug-likeness (QED) is 0.453. The van der Waals surface area contributed by atoms with Crippen LogP contribution in [0.4, 0.5) is 10.3 Å². The van der Waals surface area contributed by atoms with Crippen molar-refractivity contribution in [3.8, 4) is 11.5 Å². The standard InChI is InChI=1S/C23H17FN6O/c24-16-7-9-17(10-8-16)30-21(27-11-3-4-12-27)18(15-25-30)22(31)29-14-13-28-20-6-2-1-5-19(20)26-23(28)29/h1-12,15H,13-14H2. The van der Waals surface area contributed by atoms with Crippen LogP contribution in [0.5, 0.6) is 0 Å². The maximum atomic E-state index is 13.6. The van der Waals surface area contributed by atoms with Crippen LogP contribution in [0.1, 0.15) is 10.4 Å². The monoisotopic (exact) mass is 412 g/mol. The van der Waals surface area contributed by atoms with Crippen molar-refractivity contribution in [3.05, 3.63) is 90.6 Å². The molecule has 0 fully saturated rings. The van der Waals surface area contributed by atoms with E-state index in [4.69, 9.17) is 0 Å². The molecule has 31 heavy (non-hydrogen) atoms. The van der Waals surface area contributed by atoms with Crippen LogP contribution in [0.15, 0.2) is 79.3 Å². The Kier molecular flexibility index (Phi) is 3.79. The van der Waals surface area contributed by atoms with Crippen molar-refractivity contribution >= 4 is 22.9 Å². The number of anilines is 1. The van der Waals surface area contributed by atoms with Crippen molar-refractivity contribution in [3.63, 3.8) is 0 Å². The fourth-order valence-corrected chi connectivity index (χ4v) is 4.12. The van der Waals surface area contributed by atoms with Crippen LogP contribution in [0.25, 0.3) is 22.5 Å². The Balaban J connectivity index is 1.47. The fraction of sp³-hybridized carbons (Fsp3) is 0.0870. The second-order valence-electron chi connectivity index (χ2n) is 7.37. The van der Waals surface area contributed by atoms with Crippen molar-refractivity contribution in [2.45, 2.75) is 6.54 Å². The molecule has 0 N–H and O–H groups in total. The van der Waals surface area contributed by atoms with Crippen LogP contribution in [-0.2, 0) is 6.54 Å². The Bertz CT molecular complexity index is 1410. The van der Waals surface area contributed by atoms with Crippen LogP contribution < -0.4 is 4.90 Å². The molecule has 1 amide bonds.